The number of hydrogen-bond donors (Lipinski definition) is 2. The number of nitrogens with one attached hydrogen (secondary N) is 2. The molecule has 1 aromatic heterocycles. The molecule has 0 spiro atoms. The molecule has 0 radical (unpaired) electrons. The van der Waals surface area contributed by atoms with E-state index in [1.807, 2.05) is 35.0 Å². The average Bonchev–Trinajstić information content (AvgIpc) is 3.07. The first-order valence-electron chi connectivity index (χ1n) is 8.58. The predicted molar refractivity (Wildman–Crippen MR) is 108 cm³/mol. The van der Waals surface area contributed by atoms with Crippen LogP contribution in [0.4, 0.5) is 0 Å². The number of aromatic nitrogens is 1. The van der Waals surface area contributed by atoms with Gasteiger partial charge in [0.15, 0.2) is 0 Å². The van der Waals surface area contributed by atoms with Crippen LogP contribution < -0.4 is 10.9 Å². The van der Waals surface area contributed by atoms with Crippen molar-refractivity contribution in [3.63, 3.8) is 0 Å². The predicted octanol–water partition coefficient (Wildman–Crippen LogP) is 3.68. The molecule has 2 amide bonds. The Labute approximate surface area is 167 Å². The van der Waals surface area contributed by atoms with E-state index in [0.29, 0.717) is 18.0 Å². The van der Waals surface area contributed by atoms with Gasteiger partial charge in [-0.3, -0.25) is 20.4 Å². The molecule has 0 bridgehead atoms. The lowest BCUT2D eigenvalue weighted by Crippen LogP contribution is -2.40. The maximum Gasteiger partial charge on any atom is 0.271 e. The second-order valence-corrected chi connectivity index (χ2v) is 6.37. The van der Waals surface area contributed by atoms with Crippen molar-refractivity contribution in [1.29, 1.82) is 5.26 Å². The number of benzene rings is 2. The van der Waals surface area contributed by atoms with Crippen molar-refractivity contribution in [2.75, 3.05) is 0 Å². The molecule has 3 aromatic rings. The number of carbonyl (C=O) groups is 2. The van der Waals surface area contributed by atoms with E-state index in [-0.39, 0.29) is 5.56 Å². The van der Waals surface area contributed by atoms with Crippen molar-refractivity contribution in [1.82, 2.24) is 15.4 Å². The molecule has 140 valence electrons. The minimum atomic E-state index is -0.500. The largest absolute Gasteiger partial charge is 0.346 e. The topological polar surface area (TPSA) is 86.9 Å². The first-order chi connectivity index (χ1) is 13.6. The SMILES string of the molecule is N#CCCn1cc(/C=C/C(=O)NNC(=O)c2ccccc2Cl)c2ccccc21. The summed E-state index contributed by atoms with van der Waals surface area (Å²) in [6.45, 7) is 0.574. The van der Waals surface area contributed by atoms with Gasteiger partial charge < -0.3 is 4.57 Å². The van der Waals surface area contributed by atoms with Gasteiger partial charge in [0, 0.05) is 35.3 Å². The summed E-state index contributed by atoms with van der Waals surface area (Å²) in [5.74, 6) is -0.977. The van der Waals surface area contributed by atoms with Gasteiger partial charge in [-0.1, -0.05) is 41.9 Å². The quantitative estimate of drug-likeness (QED) is 0.513. The number of nitrogens with zero attached hydrogens (tertiary/aromatic N) is 2. The zero-order valence-corrected chi connectivity index (χ0v) is 15.6. The minimum absolute atomic E-state index is 0.272. The Morgan fingerprint density at radius 3 is 2.64 bits per heavy atom. The lowest BCUT2D eigenvalue weighted by atomic mass is 10.1. The normalized spacial score (nSPS) is 10.7. The van der Waals surface area contributed by atoms with Gasteiger partial charge in [-0.15, -0.1) is 0 Å². The van der Waals surface area contributed by atoms with Gasteiger partial charge in [0.1, 0.15) is 0 Å². The molecule has 2 N–H and O–H groups in total. The number of rotatable bonds is 5. The molecule has 0 aliphatic carbocycles. The Morgan fingerprint density at radius 2 is 1.86 bits per heavy atom. The summed E-state index contributed by atoms with van der Waals surface area (Å²) >= 11 is 5.96. The van der Waals surface area contributed by atoms with E-state index < -0.39 is 11.8 Å². The summed E-state index contributed by atoms with van der Waals surface area (Å²) in [4.78, 5) is 24.1. The molecule has 7 heteroatoms. The number of fused-ring (bicyclic) bond motifs is 1. The molecule has 0 fully saturated rings. The van der Waals surface area contributed by atoms with Crippen molar-refractivity contribution in [3.8, 4) is 6.07 Å². The highest BCUT2D eigenvalue weighted by molar-refractivity contribution is 6.33. The fraction of sp³-hybridized carbons (Fsp3) is 0.0952. The Kier molecular flexibility index (Phi) is 6.10. The van der Waals surface area contributed by atoms with E-state index in [0.717, 1.165) is 16.5 Å². The third kappa shape index (κ3) is 4.40. The number of para-hydroxylation sites is 1. The van der Waals surface area contributed by atoms with Crippen LogP contribution in [-0.4, -0.2) is 16.4 Å². The number of hydrazine groups is 1. The zero-order chi connectivity index (χ0) is 19.9. The van der Waals surface area contributed by atoms with Crippen molar-refractivity contribution in [2.45, 2.75) is 13.0 Å². The van der Waals surface area contributed by atoms with Crippen LogP contribution in [-0.2, 0) is 11.3 Å². The Balaban J connectivity index is 1.68. The van der Waals surface area contributed by atoms with E-state index in [2.05, 4.69) is 16.9 Å². The molecule has 6 nitrogen and oxygen atoms in total. The average molecular weight is 393 g/mol. The Hall–Kier alpha value is -3.56. The van der Waals surface area contributed by atoms with E-state index in [4.69, 9.17) is 16.9 Å². The van der Waals surface area contributed by atoms with Gasteiger partial charge in [0.2, 0.25) is 0 Å². The second kappa shape index (κ2) is 8.89. The van der Waals surface area contributed by atoms with Crippen molar-refractivity contribution < 1.29 is 9.59 Å². The standard InChI is InChI=1S/C21H17ClN4O2/c22-18-8-3-1-7-17(18)21(28)25-24-20(27)11-10-15-14-26(13-5-12-23)19-9-4-2-6-16(15)19/h1-4,6-11,14H,5,13H2,(H,24,27)(H,25,28)/b11-10+. The summed E-state index contributed by atoms with van der Waals surface area (Å²) in [6.07, 6.45) is 5.30. The highest BCUT2D eigenvalue weighted by Crippen LogP contribution is 2.22. The number of carbonyl (C=O) groups excluding carboxylic acids is 2. The minimum Gasteiger partial charge on any atom is -0.346 e. The highest BCUT2D eigenvalue weighted by atomic mass is 35.5. The molecule has 28 heavy (non-hydrogen) atoms. The summed E-state index contributed by atoms with van der Waals surface area (Å²) in [5, 5.41) is 10.1. The summed E-state index contributed by atoms with van der Waals surface area (Å²) in [6, 6.07) is 16.5. The van der Waals surface area contributed by atoms with Gasteiger partial charge in [-0.05, 0) is 24.3 Å². The molecule has 1 heterocycles. The van der Waals surface area contributed by atoms with Crippen LogP contribution in [0, 0.1) is 11.3 Å². The Bertz CT molecular complexity index is 1100. The molecule has 2 aromatic carbocycles. The molecule has 0 aliphatic rings. The van der Waals surface area contributed by atoms with Crippen molar-refractivity contribution in [3.05, 3.63) is 77.0 Å². The van der Waals surface area contributed by atoms with Gasteiger partial charge in [0.05, 0.1) is 23.1 Å². The molecular formula is C21H17ClN4O2. The van der Waals surface area contributed by atoms with Crippen LogP contribution in [0.3, 0.4) is 0 Å². The number of halogens is 1. The number of amides is 2. The van der Waals surface area contributed by atoms with Crippen molar-refractivity contribution >= 4 is 40.4 Å². The number of aryl methyl sites for hydroxylation is 1. The van der Waals surface area contributed by atoms with Gasteiger partial charge in [-0.2, -0.15) is 5.26 Å². The summed E-state index contributed by atoms with van der Waals surface area (Å²) in [7, 11) is 0. The number of nitriles is 1. The molecule has 0 aliphatic heterocycles. The van der Waals surface area contributed by atoms with Crippen LogP contribution >= 0.6 is 11.6 Å². The number of hydrogen-bond acceptors (Lipinski definition) is 3. The van der Waals surface area contributed by atoms with Crippen molar-refractivity contribution in [2.24, 2.45) is 0 Å². The lowest BCUT2D eigenvalue weighted by Gasteiger charge is -2.06. The van der Waals surface area contributed by atoms with Crippen LogP contribution in [0.25, 0.3) is 17.0 Å². The van der Waals surface area contributed by atoms with Crippen LogP contribution in [0.2, 0.25) is 5.02 Å². The maximum absolute atomic E-state index is 12.1. The van der Waals surface area contributed by atoms with E-state index >= 15 is 0 Å². The molecule has 0 unspecified atom stereocenters. The third-order valence-electron chi connectivity index (χ3n) is 4.12. The monoisotopic (exact) mass is 392 g/mol. The van der Waals surface area contributed by atoms with Gasteiger partial charge in [0.25, 0.3) is 11.8 Å². The molecular weight excluding hydrogens is 376 g/mol. The van der Waals surface area contributed by atoms with Gasteiger partial charge >= 0.3 is 0 Å². The highest BCUT2D eigenvalue weighted by Gasteiger charge is 2.10. The van der Waals surface area contributed by atoms with E-state index in [9.17, 15) is 9.59 Å². The van der Waals surface area contributed by atoms with Crippen LogP contribution in [0.15, 0.2) is 60.8 Å². The van der Waals surface area contributed by atoms with E-state index in [1.165, 1.54) is 6.08 Å². The molecule has 3 rings (SSSR count). The Morgan fingerprint density at radius 1 is 1.11 bits per heavy atom. The first-order valence-corrected chi connectivity index (χ1v) is 8.95. The van der Waals surface area contributed by atoms with E-state index in [1.54, 1.807) is 30.3 Å². The molecule has 0 saturated heterocycles. The maximum atomic E-state index is 12.1. The van der Waals surface area contributed by atoms with Crippen LogP contribution in [0.5, 0.6) is 0 Å². The lowest BCUT2D eigenvalue weighted by molar-refractivity contribution is -0.117. The molecule has 0 saturated carbocycles. The van der Waals surface area contributed by atoms with Crippen LogP contribution in [0.1, 0.15) is 22.3 Å². The fourth-order valence-electron chi connectivity index (χ4n) is 2.80. The smallest absolute Gasteiger partial charge is 0.271 e. The summed E-state index contributed by atoms with van der Waals surface area (Å²) in [5.41, 5.74) is 6.78. The second-order valence-electron chi connectivity index (χ2n) is 5.96. The zero-order valence-electron chi connectivity index (χ0n) is 14.9. The van der Waals surface area contributed by atoms with Gasteiger partial charge in [-0.25, -0.2) is 0 Å². The third-order valence-corrected chi connectivity index (χ3v) is 4.45. The summed E-state index contributed by atoms with van der Waals surface area (Å²) < 4.78 is 1.98. The molecule has 0 atom stereocenters. The first kappa shape index (κ1) is 19.2. The fourth-order valence-corrected chi connectivity index (χ4v) is 3.02.